The first kappa shape index (κ1) is 32.0. The van der Waals surface area contributed by atoms with Gasteiger partial charge in [0.05, 0.1) is 16.4 Å². The predicted molar refractivity (Wildman–Crippen MR) is 193 cm³/mol. The lowest BCUT2D eigenvalue weighted by molar-refractivity contribution is -0.433. The number of benzene rings is 4. The third-order valence-electron chi connectivity index (χ3n) is 9.91. The van der Waals surface area contributed by atoms with E-state index in [2.05, 4.69) is 136 Å². The smallest absolute Gasteiger partial charge is 0.269 e. The van der Waals surface area contributed by atoms with E-state index in [4.69, 9.17) is 4.74 Å². The van der Waals surface area contributed by atoms with Crippen molar-refractivity contribution in [3.05, 3.63) is 141 Å². The number of nitro benzene ring substituents is 1. The molecule has 2 heterocycles. The van der Waals surface area contributed by atoms with Crippen LogP contribution in [0.3, 0.4) is 0 Å². The zero-order chi connectivity index (χ0) is 33.3. The van der Waals surface area contributed by atoms with Crippen molar-refractivity contribution in [1.29, 1.82) is 0 Å². The third-order valence-corrected chi connectivity index (χ3v) is 9.91. The van der Waals surface area contributed by atoms with Gasteiger partial charge in [-0.3, -0.25) is 10.1 Å². The first-order valence-electron chi connectivity index (χ1n) is 16.5. The highest BCUT2D eigenvalue weighted by atomic mass is 16.6. The molecule has 0 aliphatic carbocycles. The molecule has 0 aromatic heterocycles. The summed E-state index contributed by atoms with van der Waals surface area (Å²) in [7, 11) is 0. The number of hydrogen-bond donors (Lipinski definition) is 0. The van der Waals surface area contributed by atoms with E-state index in [0.29, 0.717) is 6.61 Å². The Balaban J connectivity index is 1.34. The molecule has 2 aliphatic rings. The molecule has 2 aliphatic heterocycles. The van der Waals surface area contributed by atoms with Gasteiger partial charge in [-0.25, -0.2) is 0 Å². The fourth-order valence-corrected chi connectivity index (χ4v) is 7.34. The molecule has 0 N–H and O–H groups in total. The number of hydrogen-bond acceptors (Lipinski definition) is 4. The number of nitro groups is 1. The van der Waals surface area contributed by atoms with Crippen LogP contribution < -0.4 is 9.64 Å². The van der Waals surface area contributed by atoms with Crippen LogP contribution in [0.4, 0.5) is 17.1 Å². The summed E-state index contributed by atoms with van der Waals surface area (Å²) in [5, 5.41) is 11.1. The van der Waals surface area contributed by atoms with Gasteiger partial charge in [0.2, 0.25) is 5.69 Å². The van der Waals surface area contributed by atoms with E-state index in [1.165, 1.54) is 40.3 Å². The van der Waals surface area contributed by atoms with Crippen LogP contribution in [0.1, 0.15) is 69.4 Å². The molecule has 4 aromatic rings. The molecule has 0 fully saturated rings. The average molecular weight is 627 g/mol. The van der Waals surface area contributed by atoms with Crippen LogP contribution in [0.5, 0.6) is 5.75 Å². The highest BCUT2D eigenvalue weighted by molar-refractivity contribution is 6.05. The fourth-order valence-electron chi connectivity index (χ4n) is 7.34. The summed E-state index contributed by atoms with van der Waals surface area (Å²) in [5.74, 6) is 0.762. The largest absolute Gasteiger partial charge is 0.488 e. The van der Waals surface area contributed by atoms with Gasteiger partial charge in [-0.2, -0.15) is 4.58 Å². The summed E-state index contributed by atoms with van der Waals surface area (Å²) in [5.41, 5.74) is 9.37. The number of likely N-dealkylation sites (N-methyl/N-ethyl adjacent to an activating group) is 1. The second-order valence-corrected chi connectivity index (χ2v) is 13.4. The van der Waals surface area contributed by atoms with Crippen molar-refractivity contribution in [3.63, 3.8) is 0 Å². The Labute approximate surface area is 278 Å². The summed E-state index contributed by atoms with van der Waals surface area (Å²) in [6.07, 6.45) is 8.98. The molecule has 4 aromatic carbocycles. The molecule has 0 radical (unpaired) electrons. The Bertz CT molecular complexity index is 1900. The summed E-state index contributed by atoms with van der Waals surface area (Å²) in [4.78, 5) is 13.2. The van der Waals surface area contributed by atoms with Crippen LogP contribution in [0.25, 0.3) is 12.2 Å². The predicted octanol–water partition coefficient (Wildman–Crippen LogP) is 9.48. The zero-order valence-corrected chi connectivity index (χ0v) is 28.2. The average Bonchev–Trinajstić information content (AvgIpc) is 3.43. The van der Waals surface area contributed by atoms with Crippen LogP contribution in [0.15, 0.2) is 103 Å². The monoisotopic (exact) mass is 626 g/mol. The highest BCUT2D eigenvalue weighted by Crippen LogP contribution is 2.45. The highest BCUT2D eigenvalue weighted by Gasteiger charge is 2.44. The van der Waals surface area contributed by atoms with E-state index in [9.17, 15) is 10.1 Å². The van der Waals surface area contributed by atoms with E-state index < -0.39 is 0 Å². The van der Waals surface area contributed by atoms with Crippen LogP contribution in [0, 0.1) is 10.1 Å². The van der Waals surface area contributed by atoms with Crippen molar-refractivity contribution in [2.75, 3.05) is 18.0 Å². The van der Waals surface area contributed by atoms with Gasteiger partial charge in [-0.1, -0.05) is 68.5 Å². The Kier molecular flexibility index (Phi) is 8.63. The number of anilines is 1. The number of rotatable bonds is 10. The van der Waals surface area contributed by atoms with Gasteiger partial charge >= 0.3 is 0 Å². The van der Waals surface area contributed by atoms with Crippen molar-refractivity contribution in [2.24, 2.45) is 0 Å². The van der Waals surface area contributed by atoms with E-state index in [1.807, 2.05) is 6.07 Å². The van der Waals surface area contributed by atoms with Crippen LogP contribution in [-0.4, -0.2) is 34.3 Å². The molecule has 0 bridgehead atoms. The van der Waals surface area contributed by atoms with Crippen molar-refractivity contribution in [2.45, 2.75) is 65.0 Å². The molecule has 1 atom stereocenters. The maximum Gasteiger partial charge on any atom is 0.269 e. The molecule has 0 spiro atoms. The van der Waals surface area contributed by atoms with Crippen molar-refractivity contribution in [1.82, 2.24) is 0 Å². The van der Waals surface area contributed by atoms with Crippen LogP contribution in [0.2, 0.25) is 0 Å². The Morgan fingerprint density at radius 2 is 1.57 bits per heavy atom. The molecule has 6 heteroatoms. The molecule has 6 nitrogen and oxygen atoms in total. The lowest BCUT2D eigenvalue weighted by Crippen LogP contribution is -2.39. The molecule has 0 saturated carbocycles. The SMILES string of the molecule is CCN1c2ccccc2C(C)(C)C1/C=C/c1ccc(OCc2ccc([N+](=O)[O-])cc2)c(/C=C/C2=[N+](CC)c3ccccc3C2(C)C)c1. The van der Waals surface area contributed by atoms with Crippen LogP contribution in [-0.2, 0) is 17.4 Å². The molecule has 240 valence electrons. The molecule has 1 unspecified atom stereocenters. The van der Waals surface area contributed by atoms with Crippen molar-refractivity contribution in [3.8, 4) is 5.75 Å². The topological polar surface area (TPSA) is 58.6 Å². The number of para-hydroxylation sites is 2. The first-order chi connectivity index (χ1) is 22.6. The number of ether oxygens (including phenoxy) is 1. The van der Waals surface area contributed by atoms with Gasteiger partial charge < -0.3 is 9.64 Å². The molecular formula is C41H44N3O3+. The zero-order valence-electron chi connectivity index (χ0n) is 28.2. The van der Waals surface area contributed by atoms with Gasteiger partial charge in [0.25, 0.3) is 5.69 Å². The van der Waals surface area contributed by atoms with Gasteiger partial charge in [0, 0.05) is 53.0 Å². The van der Waals surface area contributed by atoms with E-state index in [0.717, 1.165) is 35.5 Å². The Morgan fingerprint density at radius 1 is 0.872 bits per heavy atom. The standard InChI is InChI=1S/C41H44N3O3/c1-7-42-35-15-11-9-13-33(35)40(3,4)38(42)25-20-29-19-24-37(47-28-30-17-22-32(23-18-30)44(45)46)31(27-29)21-26-39-41(5,6)34-14-10-12-16-36(34)43(39)8-2/h9-27,38H,7-8,28H2,1-6H3/q+1/b25-20+,26-21+. The fraction of sp³-hybridized carbons (Fsp3) is 0.293. The minimum atomic E-state index is -0.384. The quantitative estimate of drug-likeness (QED) is 0.1000. The van der Waals surface area contributed by atoms with E-state index in [1.54, 1.807) is 12.1 Å². The maximum atomic E-state index is 11.1. The minimum absolute atomic E-state index is 0.0248. The summed E-state index contributed by atoms with van der Waals surface area (Å²) < 4.78 is 8.77. The normalized spacial score (nSPS) is 17.8. The molecule has 0 amide bonds. The molecule has 0 saturated heterocycles. The lowest BCUT2D eigenvalue weighted by atomic mass is 9.80. The van der Waals surface area contributed by atoms with Crippen molar-refractivity contribution < 1.29 is 14.2 Å². The van der Waals surface area contributed by atoms with Crippen molar-refractivity contribution >= 4 is 34.9 Å². The maximum absolute atomic E-state index is 11.1. The summed E-state index contributed by atoms with van der Waals surface area (Å²) >= 11 is 0. The molecule has 47 heavy (non-hydrogen) atoms. The van der Waals surface area contributed by atoms with Gasteiger partial charge in [0.15, 0.2) is 5.71 Å². The number of fused-ring (bicyclic) bond motifs is 2. The first-order valence-corrected chi connectivity index (χ1v) is 16.5. The Hall–Kier alpha value is -4.97. The number of allylic oxidation sites excluding steroid dienone is 1. The number of nitrogens with zero attached hydrogens (tertiary/aromatic N) is 3. The third kappa shape index (κ3) is 5.89. The Morgan fingerprint density at radius 3 is 2.28 bits per heavy atom. The minimum Gasteiger partial charge on any atom is -0.488 e. The molecule has 6 rings (SSSR count). The van der Waals surface area contributed by atoms with Gasteiger partial charge in [-0.05, 0) is 80.8 Å². The number of non-ortho nitro benzene ring substituents is 1. The lowest BCUT2D eigenvalue weighted by Gasteiger charge is -2.31. The van der Waals surface area contributed by atoms with Gasteiger partial charge in [0.1, 0.15) is 18.9 Å². The van der Waals surface area contributed by atoms with Gasteiger partial charge in [-0.15, -0.1) is 0 Å². The van der Waals surface area contributed by atoms with E-state index in [-0.39, 0.29) is 27.5 Å². The van der Waals surface area contributed by atoms with E-state index >= 15 is 0 Å². The van der Waals surface area contributed by atoms with Crippen LogP contribution >= 0.6 is 0 Å². The second kappa shape index (κ2) is 12.7. The summed E-state index contributed by atoms with van der Waals surface area (Å²) in [6, 6.07) is 30.5. The summed E-state index contributed by atoms with van der Waals surface area (Å²) in [6.45, 7) is 15.8. The second-order valence-electron chi connectivity index (χ2n) is 13.4. The molecular weight excluding hydrogens is 582 g/mol.